The van der Waals surface area contributed by atoms with Crippen LogP contribution in [0.2, 0.25) is 0 Å². The van der Waals surface area contributed by atoms with Gasteiger partial charge in [-0.3, -0.25) is 4.90 Å². The van der Waals surface area contributed by atoms with Gasteiger partial charge in [-0.05, 0) is 69.2 Å². The van der Waals surface area contributed by atoms with Crippen LogP contribution < -0.4 is 10.1 Å². The highest BCUT2D eigenvalue weighted by atomic mass is 19.1. The SMILES string of the molecule is CCOCCCN1C(=O)NC(c2ccc(F)cc2)C(c2nc(-c3ccc(OCC)cc3)no2)=C1C. The van der Waals surface area contributed by atoms with Crippen molar-refractivity contribution < 1.29 is 23.2 Å². The maximum absolute atomic E-state index is 13.6. The van der Waals surface area contributed by atoms with Gasteiger partial charge in [-0.1, -0.05) is 17.3 Å². The molecule has 1 aliphatic rings. The summed E-state index contributed by atoms with van der Waals surface area (Å²) in [6.45, 7) is 7.93. The van der Waals surface area contributed by atoms with E-state index in [4.69, 9.17) is 14.0 Å². The van der Waals surface area contributed by atoms with Crippen molar-refractivity contribution in [3.05, 3.63) is 71.5 Å². The zero-order valence-electron chi connectivity index (χ0n) is 20.1. The van der Waals surface area contributed by atoms with Crippen molar-refractivity contribution >= 4 is 11.6 Å². The van der Waals surface area contributed by atoms with Crippen LogP contribution in [0.4, 0.5) is 9.18 Å². The average molecular weight is 481 g/mol. The van der Waals surface area contributed by atoms with E-state index in [9.17, 15) is 9.18 Å². The Labute approximate surface area is 203 Å². The summed E-state index contributed by atoms with van der Waals surface area (Å²) in [7, 11) is 0. The van der Waals surface area contributed by atoms with E-state index in [0.717, 1.165) is 11.3 Å². The lowest BCUT2D eigenvalue weighted by Crippen LogP contribution is -2.46. The van der Waals surface area contributed by atoms with Gasteiger partial charge in [0.25, 0.3) is 5.89 Å². The molecule has 9 heteroatoms. The first-order valence-electron chi connectivity index (χ1n) is 11.7. The van der Waals surface area contributed by atoms with Crippen molar-refractivity contribution in [2.24, 2.45) is 0 Å². The predicted molar refractivity (Wildman–Crippen MR) is 129 cm³/mol. The van der Waals surface area contributed by atoms with Gasteiger partial charge in [0.05, 0.1) is 18.2 Å². The summed E-state index contributed by atoms with van der Waals surface area (Å²) in [5.74, 6) is 1.11. The number of halogens is 1. The summed E-state index contributed by atoms with van der Waals surface area (Å²) in [6, 6.07) is 12.6. The van der Waals surface area contributed by atoms with Gasteiger partial charge in [0.2, 0.25) is 5.82 Å². The molecule has 2 amide bonds. The fourth-order valence-corrected chi connectivity index (χ4v) is 4.02. The van der Waals surface area contributed by atoms with Gasteiger partial charge < -0.3 is 19.3 Å². The molecule has 0 aliphatic carbocycles. The Morgan fingerprint density at radius 1 is 1.09 bits per heavy atom. The average Bonchev–Trinajstić information content (AvgIpc) is 3.34. The first-order valence-corrected chi connectivity index (χ1v) is 11.7. The zero-order valence-corrected chi connectivity index (χ0v) is 20.1. The van der Waals surface area contributed by atoms with Gasteiger partial charge in [0, 0.05) is 31.0 Å². The van der Waals surface area contributed by atoms with Crippen LogP contribution in [-0.2, 0) is 4.74 Å². The Bertz CT molecular complexity index is 1170. The summed E-state index contributed by atoms with van der Waals surface area (Å²) in [5, 5.41) is 7.19. The largest absolute Gasteiger partial charge is 0.494 e. The third kappa shape index (κ3) is 5.51. The van der Waals surface area contributed by atoms with E-state index in [0.29, 0.717) is 55.4 Å². The van der Waals surface area contributed by atoms with E-state index in [-0.39, 0.29) is 17.7 Å². The molecule has 0 spiro atoms. The van der Waals surface area contributed by atoms with Gasteiger partial charge in [-0.15, -0.1) is 0 Å². The Hall–Kier alpha value is -3.72. The van der Waals surface area contributed by atoms with E-state index in [1.54, 1.807) is 17.0 Å². The molecule has 2 heterocycles. The first kappa shape index (κ1) is 24.4. The maximum Gasteiger partial charge on any atom is 0.322 e. The highest BCUT2D eigenvalue weighted by Gasteiger charge is 2.35. The van der Waals surface area contributed by atoms with Crippen molar-refractivity contribution in [3.8, 4) is 17.1 Å². The van der Waals surface area contributed by atoms with Crippen LogP contribution in [0.5, 0.6) is 5.75 Å². The number of hydrogen-bond acceptors (Lipinski definition) is 6. The number of rotatable bonds is 10. The number of carbonyl (C=O) groups is 1. The molecule has 4 rings (SSSR count). The van der Waals surface area contributed by atoms with Gasteiger partial charge in [-0.2, -0.15) is 4.98 Å². The molecule has 35 heavy (non-hydrogen) atoms. The van der Waals surface area contributed by atoms with Crippen LogP contribution in [0, 0.1) is 5.82 Å². The molecule has 0 bridgehead atoms. The number of allylic oxidation sites excluding steroid dienone is 1. The third-order valence-corrected chi connectivity index (χ3v) is 5.75. The number of carbonyl (C=O) groups excluding carboxylic acids is 1. The second-order valence-corrected chi connectivity index (χ2v) is 8.02. The second-order valence-electron chi connectivity index (χ2n) is 8.02. The minimum absolute atomic E-state index is 0.247. The predicted octanol–water partition coefficient (Wildman–Crippen LogP) is 5.20. The Balaban J connectivity index is 1.69. The molecule has 184 valence electrons. The number of nitrogens with one attached hydrogen (secondary N) is 1. The number of urea groups is 1. The standard InChI is InChI=1S/C26H29FN4O4/c1-4-33-16-6-15-31-17(3)22(23(28-26(31)32)18-7-11-20(27)12-8-18)25-29-24(30-35-25)19-9-13-21(14-10-19)34-5-2/h7-14,23H,4-6,15-16H2,1-3H3,(H,28,32). The fraction of sp³-hybridized carbons (Fsp3) is 0.346. The minimum Gasteiger partial charge on any atom is -0.494 e. The molecular weight excluding hydrogens is 451 g/mol. The smallest absolute Gasteiger partial charge is 0.322 e. The molecule has 1 unspecified atom stereocenters. The van der Waals surface area contributed by atoms with Crippen LogP contribution in [0.3, 0.4) is 0 Å². The number of nitrogens with zero attached hydrogens (tertiary/aromatic N) is 3. The summed E-state index contributed by atoms with van der Waals surface area (Å²) in [6.07, 6.45) is 0.675. The van der Waals surface area contributed by atoms with Gasteiger partial charge in [0.1, 0.15) is 11.6 Å². The van der Waals surface area contributed by atoms with Crippen molar-refractivity contribution in [1.82, 2.24) is 20.4 Å². The van der Waals surface area contributed by atoms with E-state index >= 15 is 0 Å². The normalized spacial score (nSPS) is 15.9. The lowest BCUT2D eigenvalue weighted by atomic mass is 9.94. The lowest BCUT2D eigenvalue weighted by Gasteiger charge is -2.35. The molecule has 0 saturated heterocycles. The van der Waals surface area contributed by atoms with Crippen molar-refractivity contribution in [2.75, 3.05) is 26.4 Å². The topological polar surface area (TPSA) is 89.7 Å². The Morgan fingerprint density at radius 3 is 2.51 bits per heavy atom. The quantitative estimate of drug-likeness (QED) is 0.401. The third-order valence-electron chi connectivity index (χ3n) is 5.75. The number of amides is 2. The first-order chi connectivity index (χ1) is 17.0. The second kappa shape index (κ2) is 11.1. The number of ether oxygens (including phenoxy) is 2. The monoisotopic (exact) mass is 480 g/mol. The van der Waals surface area contributed by atoms with Crippen LogP contribution in [0.25, 0.3) is 17.0 Å². The molecule has 1 N–H and O–H groups in total. The minimum atomic E-state index is -0.570. The molecule has 0 radical (unpaired) electrons. The van der Waals surface area contributed by atoms with Crippen molar-refractivity contribution in [2.45, 2.75) is 33.2 Å². The van der Waals surface area contributed by atoms with E-state index in [2.05, 4.69) is 15.5 Å². The molecule has 1 atom stereocenters. The molecular formula is C26H29FN4O4. The van der Waals surface area contributed by atoms with Crippen molar-refractivity contribution in [3.63, 3.8) is 0 Å². The number of benzene rings is 2. The molecule has 1 aromatic heterocycles. The molecule has 1 aliphatic heterocycles. The van der Waals surface area contributed by atoms with Crippen LogP contribution >= 0.6 is 0 Å². The lowest BCUT2D eigenvalue weighted by molar-refractivity contribution is 0.136. The summed E-state index contributed by atoms with van der Waals surface area (Å²) in [4.78, 5) is 19.3. The Kier molecular flexibility index (Phi) is 7.77. The molecule has 0 fully saturated rings. The summed E-state index contributed by atoms with van der Waals surface area (Å²) in [5.41, 5.74) is 2.84. The maximum atomic E-state index is 13.6. The number of aromatic nitrogens is 2. The Morgan fingerprint density at radius 2 is 1.83 bits per heavy atom. The molecule has 3 aromatic rings. The van der Waals surface area contributed by atoms with Crippen molar-refractivity contribution in [1.29, 1.82) is 0 Å². The summed E-state index contributed by atoms with van der Waals surface area (Å²) < 4.78 is 30.2. The van der Waals surface area contributed by atoms with E-state index in [1.165, 1.54) is 12.1 Å². The highest BCUT2D eigenvalue weighted by molar-refractivity contribution is 5.86. The van der Waals surface area contributed by atoms with E-state index < -0.39 is 6.04 Å². The van der Waals surface area contributed by atoms with Crippen LogP contribution in [0.15, 0.2) is 58.8 Å². The van der Waals surface area contributed by atoms with Crippen LogP contribution in [0.1, 0.15) is 44.7 Å². The fourth-order valence-electron chi connectivity index (χ4n) is 4.02. The summed E-state index contributed by atoms with van der Waals surface area (Å²) >= 11 is 0. The van der Waals surface area contributed by atoms with E-state index in [1.807, 2.05) is 45.0 Å². The highest BCUT2D eigenvalue weighted by Crippen LogP contribution is 2.37. The van der Waals surface area contributed by atoms with Gasteiger partial charge in [0.15, 0.2) is 0 Å². The molecule has 2 aromatic carbocycles. The van der Waals surface area contributed by atoms with Crippen LogP contribution in [-0.4, -0.2) is 47.4 Å². The molecule has 8 nitrogen and oxygen atoms in total. The molecule has 0 saturated carbocycles. The zero-order chi connectivity index (χ0) is 24.8. The van der Waals surface area contributed by atoms with Gasteiger partial charge in [-0.25, -0.2) is 9.18 Å². The van der Waals surface area contributed by atoms with Gasteiger partial charge >= 0.3 is 6.03 Å². The number of hydrogen-bond donors (Lipinski definition) is 1.